The SMILES string of the molecule is C[Si](C)(C)CCOCn1c(-c2ccccc2)nc(-c2ccncc2)c1-c1cccc(N)c1. The van der Waals surface area contributed by atoms with Gasteiger partial charge >= 0.3 is 0 Å². The van der Waals surface area contributed by atoms with Gasteiger partial charge in [-0.05, 0) is 30.3 Å². The Morgan fingerprint density at radius 2 is 1.59 bits per heavy atom. The normalized spacial score (nSPS) is 11.6. The molecule has 0 aliphatic carbocycles. The summed E-state index contributed by atoms with van der Waals surface area (Å²) in [5.74, 6) is 0.878. The third-order valence-electron chi connectivity index (χ3n) is 5.33. The van der Waals surface area contributed by atoms with E-state index in [1.807, 2.05) is 48.5 Å². The monoisotopic (exact) mass is 442 g/mol. The van der Waals surface area contributed by atoms with Gasteiger partial charge in [0.05, 0.1) is 11.4 Å². The number of rotatable bonds is 8. The molecular formula is C26H30N4OSi. The van der Waals surface area contributed by atoms with E-state index in [1.165, 1.54) is 0 Å². The van der Waals surface area contributed by atoms with Crippen molar-refractivity contribution in [2.45, 2.75) is 32.4 Å². The highest BCUT2D eigenvalue weighted by Gasteiger charge is 2.22. The molecule has 0 atom stereocenters. The number of nitrogens with zero attached hydrogens (tertiary/aromatic N) is 3. The third-order valence-corrected chi connectivity index (χ3v) is 7.03. The number of aromatic nitrogens is 3. The molecule has 0 saturated carbocycles. The van der Waals surface area contributed by atoms with E-state index in [4.69, 9.17) is 15.5 Å². The standard InChI is InChI=1S/C26H30N4OSi/c1-32(2,3)17-16-31-19-30-25(22-10-7-11-23(27)18-22)24(20-12-14-28-15-13-20)29-26(30)21-8-5-4-6-9-21/h4-15,18H,16-17,19,27H2,1-3H3. The summed E-state index contributed by atoms with van der Waals surface area (Å²) in [6.45, 7) is 8.26. The molecule has 4 aromatic rings. The Balaban J connectivity index is 1.86. The molecule has 2 aromatic carbocycles. The molecule has 6 heteroatoms. The molecule has 0 amide bonds. The lowest BCUT2D eigenvalue weighted by atomic mass is 10.1. The fourth-order valence-corrected chi connectivity index (χ4v) is 4.37. The first-order valence-electron chi connectivity index (χ1n) is 10.9. The summed E-state index contributed by atoms with van der Waals surface area (Å²) < 4.78 is 8.38. The lowest BCUT2D eigenvalue weighted by Gasteiger charge is -2.17. The Kier molecular flexibility index (Phi) is 6.53. The van der Waals surface area contributed by atoms with E-state index < -0.39 is 8.07 Å². The van der Waals surface area contributed by atoms with Crippen molar-refractivity contribution in [3.63, 3.8) is 0 Å². The maximum Gasteiger partial charge on any atom is 0.143 e. The van der Waals surface area contributed by atoms with Crippen LogP contribution in [-0.2, 0) is 11.5 Å². The van der Waals surface area contributed by atoms with Crippen LogP contribution in [0.5, 0.6) is 0 Å². The molecule has 2 aromatic heterocycles. The minimum absolute atomic E-state index is 0.428. The van der Waals surface area contributed by atoms with Crippen molar-refractivity contribution < 1.29 is 4.74 Å². The van der Waals surface area contributed by atoms with Crippen molar-refractivity contribution in [1.29, 1.82) is 0 Å². The number of nitrogens with two attached hydrogens (primary N) is 1. The Bertz CT molecular complexity index is 1170. The molecule has 164 valence electrons. The third kappa shape index (κ3) is 5.15. The molecule has 2 heterocycles. The van der Waals surface area contributed by atoms with Crippen molar-refractivity contribution in [1.82, 2.24) is 14.5 Å². The molecule has 4 rings (SSSR count). The van der Waals surface area contributed by atoms with Crippen LogP contribution in [-0.4, -0.2) is 29.2 Å². The second kappa shape index (κ2) is 9.50. The smallest absolute Gasteiger partial charge is 0.143 e. The van der Waals surface area contributed by atoms with Gasteiger partial charge in [0.15, 0.2) is 0 Å². The maximum absolute atomic E-state index is 6.21. The minimum atomic E-state index is -1.18. The van der Waals surface area contributed by atoms with E-state index in [1.54, 1.807) is 12.4 Å². The van der Waals surface area contributed by atoms with Gasteiger partial charge in [-0.15, -0.1) is 0 Å². The Labute approximate surface area is 190 Å². The Morgan fingerprint density at radius 1 is 0.875 bits per heavy atom. The number of anilines is 1. The lowest BCUT2D eigenvalue weighted by molar-refractivity contribution is 0.0893. The number of benzene rings is 2. The van der Waals surface area contributed by atoms with Gasteiger partial charge in [-0.25, -0.2) is 4.98 Å². The number of hydrogen-bond acceptors (Lipinski definition) is 4. The fraction of sp³-hybridized carbons (Fsp3) is 0.231. The largest absolute Gasteiger partial charge is 0.399 e. The van der Waals surface area contributed by atoms with E-state index in [0.717, 1.165) is 52.2 Å². The fourth-order valence-electron chi connectivity index (χ4n) is 3.61. The minimum Gasteiger partial charge on any atom is -0.399 e. The van der Waals surface area contributed by atoms with Crippen LogP contribution in [0.1, 0.15) is 0 Å². The van der Waals surface area contributed by atoms with Gasteiger partial charge in [0.25, 0.3) is 0 Å². The summed E-state index contributed by atoms with van der Waals surface area (Å²) in [4.78, 5) is 9.29. The first-order chi connectivity index (χ1) is 15.4. The van der Waals surface area contributed by atoms with Crippen LogP contribution in [0, 0.1) is 0 Å². The van der Waals surface area contributed by atoms with E-state index in [0.29, 0.717) is 6.73 Å². The molecule has 0 fully saturated rings. The van der Waals surface area contributed by atoms with Gasteiger partial charge < -0.3 is 10.5 Å². The number of hydrogen-bond donors (Lipinski definition) is 1. The quantitative estimate of drug-likeness (QED) is 0.201. The number of ether oxygens (including phenoxy) is 1. The molecule has 0 unspecified atom stereocenters. The van der Waals surface area contributed by atoms with Crippen molar-refractivity contribution in [3.8, 4) is 33.9 Å². The number of nitrogen functional groups attached to an aromatic ring is 1. The highest BCUT2D eigenvalue weighted by atomic mass is 28.3. The first kappa shape index (κ1) is 22.0. The zero-order valence-corrected chi connectivity index (χ0v) is 20.0. The van der Waals surface area contributed by atoms with Crippen LogP contribution in [0.3, 0.4) is 0 Å². The molecule has 2 N–H and O–H groups in total. The molecule has 0 bridgehead atoms. The second-order valence-corrected chi connectivity index (χ2v) is 14.8. The summed E-state index contributed by atoms with van der Waals surface area (Å²) in [6.07, 6.45) is 3.59. The molecular weight excluding hydrogens is 412 g/mol. The maximum atomic E-state index is 6.21. The second-order valence-electron chi connectivity index (χ2n) is 9.14. The summed E-state index contributed by atoms with van der Waals surface area (Å²) in [6, 6.07) is 23.3. The highest BCUT2D eigenvalue weighted by Crippen LogP contribution is 2.36. The van der Waals surface area contributed by atoms with Gasteiger partial charge in [-0.3, -0.25) is 9.55 Å². The van der Waals surface area contributed by atoms with Crippen molar-refractivity contribution in [2.24, 2.45) is 0 Å². The van der Waals surface area contributed by atoms with Crippen LogP contribution in [0.15, 0.2) is 79.1 Å². The number of imidazole rings is 1. The summed E-state index contributed by atoms with van der Waals surface area (Å²) in [7, 11) is -1.18. The molecule has 0 saturated heterocycles. The van der Waals surface area contributed by atoms with Gasteiger partial charge in [0.2, 0.25) is 0 Å². The summed E-state index contributed by atoms with van der Waals surface area (Å²) in [5.41, 5.74) is 11.8. The summed E-state index contributed by atoms with van der Waals surface area (Å²) >= 11 is 0. The lowest BCUT2D eigenvalue weighted by Crippen LogP contribution is -2.22. The predicted molar refractivity (Wildman–Crippen MR) is 135 cm³/mol. The van der Waals surface area contributed by atoms with Crippen LogP contribution >= 0.6 is 0 Å². The van der Waals surface area contributed by atoms with Crippen LogP contribution in [0.2, 0.25) is 25.7 Å². The number of pyridine rings is 1. The average molecular weight is 443 g/mol. The van der Waals surface area contributed by atoms with Gasteiger partial charge in [0, 0.05) is 49.5 Å². The predicted octanol–water partition coefficient (Wildman–Crippen LogP) is 6.17. The van der Waals surface area contributed by atoms with E-state index >= 15 is 0 Å². The van der Waals surface area contributed by atoms with E-state index in [9.17, 15) is 0 Å². The van der Waals surface area contributed by atoms with Crippen LogP contribution in [0.25, 0.3) is 33.9 Å². The van der Waals surface area contributed by atoms with Gasteiger partial charge in [-0.1, -0.05) is 62.1 Å². The van der Waals surface area contributed by atoms with Crippen molar-refractivity contribution >= 4 is 13.8 Å². The van der Waals surface area contributed by atoms with Crippen LogP contribution in [0.4, 0.5) is 5.69 Å². The van der Waals surface area contributed by atoms with Gasteiger partial charge in [-0.2, -0.15) is 0 Å². The molecule has 0 aliphatic rings. The van der Waals surface area contributed by atoms with Gasteiger partial charge in [0.1, 0.15) is 12.6 Å². The average Bonchev–Trinajstić information content (AvgIpc) is 3.17. The Hall–Kier alpha value is -3.22. The van der Waals surface area contributed by atoms with Crippen molar-refractivity contribution in [2.75, 3.05) is 12.3 Å². The Morgan fingerprint density at radius 3 is 2.28 bits per heavy atom. The molecule has 32 heavy (non-hydrogen) atoms. The zero-order valence-electron chi connectivity index (χ0n) is 19.0. The topological polar surface area (TPSA) is 66.0 Å². The molecule has 0 radical (unpaired) electrons. The molecule has 0 aliphatic heterocycles. The van der Waals surface area contributed by atoms with Crippen molar-refractivity contribution in [3.05, 3.63) is 79.1 Å². The molecule has 5 nitrogen and oxygen atoms in total. The van der Waals surface area contributed by atoms with E-state index in [-0.39, 0.29) is 0 Å². The van der Waals surface area contributed by atoms with Crippen LogP contribution < -0.4 is 5.73 Å². The summed E-state index contributed by atoms with van der Waals surface area (Å²) in [5, 5.41) is 0. The van der Waals surface area contributed by atoms with E-state index in [2.05, 4.69) is 47.4 Å². The highest BCUT2D eigenvalue weighted by molar-refractivity contribution is 6.76. The molecule has 0 spiro atoms. The first-order valence-corrected chi connectivity index (χ1v) is 14.6. The zero-order chi connectivity index (χ0) is 22.6.